The van der Waals surface area contributed by atoms with Crippen molar-refractivity contribution in [2.75, 3.05) is 91.2 Å². The lowest BCUT2D eigenvalue weighted by atomic mass is 10.0. The summed E-state index contributed by atoms with van der Waals surface area (Å²) in [7, 11) is 7.05. The highest BCUT2D eigenvalue weighted by atomic mass is 16.6. The highest BCUT2D eigenvalue weighted by Crippen LogP contribution is 2.38. The zero-order chi connectivity index (χ0) is 55.3. The zero-order valence-electron chi connectivity index (χ0n) is 46.3. The van der Waals surface area contributed by atoms with Crippen molar-refractivity contribution in [1.82, 2.24) is 68.9 Å². The van der Waals surface area contributed by atoms with Crippen LogP contribution in [0.1, 0.15) is 126 Å². The third kappa shape index (κ3) is 11.2. The molecular formula is C57H72N16O6. The fourth-order valence-electron chi connectivity index (χ4n) is 12.4. The third-order valence-electron chi connectivity index (χ3n) is 16.4. The molecule has 0 radical (unpaired) electrons. The molecule has 0 spiro atoms. The van der Waals surface area contributed by atoms with Crippen molar-refractivity contribution in [3.05, 3.63) is 83.7 Å². The number of aromatic nitrogens is 8. The van der Waals surface area contributed by atoms with E-state index < -0.39 is 5.60 Å². The van der Waals surface area contributed by atoms with Crippen LogP contribution in [0.5, 0.6) is 0 Å². The van der Waals surface area contributed by atoms with E-state index >= 15 is 0 Å². The molecule has 6 fully saturated rings. The summed E-state index contributed by atoms with van der Waals surface area (Å²) in [5.41, 5.74) is 3.33. The number of hydrogen-bond acceptors (Lipinski definition) is 15. The van der Waals surface area contributed by atoms with Crippen LogP contribution in [0.4, 0.5) is 28.3 Å². The second-order valence-electron chi connectivity index (χ2n) is 23.6. The van der Waals surface area contributed by atoms with Crippen LogP contribution in [0.15, 0.2) is 61.2 Å². The Morgan fingerprint density at radius 2 is 0.962 bits per heavy atom. The van der Waals surface area contributed by atoms with Crippen LogP contribution in [-0.4, -0.2) is 179 Å². The maximum atomic E-state index is 13.3. The summed E-state index contributed by atoms with van der Waals surface area (Å²) in [6, 6.07) is 11.3. The first-order valence-electron chi connectivity index (χ1n) is 27.9. The Labute approximate surface area is 459 Å². The molecule has 4 aliphatic heterocycles. The molecule has 12 rings (SSSR count). The van der Waals surface area contributed by atoms with E-state index in [9.17, 15) is 24.0 Å². The van der Waals surface area contributed by atoms with Gasteiger partial charge in [0.2, 0.25) is 11.9 Å². The number of hydrogen-bond donors (Lipinski definition) is 3. The lowest BCUT2D eigenvalue weighted by Crippen LogP contribution is -2.38. The highest BCUT2D eigenvalue weighted by molar-refractivity contribution is 5.99. The van der Waals surface area contributed by atoms with Gasteiger partial charge in [0.15, 0.2) is 0 Å². The average molecular weight is 1080 g/mol. The van der Waals surface area contributed by atoms with Gasteiger partial charge in [-0.05, 0) is 94.7 Å². The molecule has 6 aromatic rings. The maximum Gasteiger partial charge on any atom is 0.410 e. The van der Waals surface area contributed by atoms with E-state index in [0.717, 1.165) is 99.6 Å². The number of fused-ring (bicyclic) bond motifs is 4. The van der Waals surface area contributed by atoms with Crippen LogP contribution in [0.25, 0.3) is 22.1 Å². The number of pyridine rings is 2. The molecule has 6 aromatic heterocycles. The van der Waals surface area contributed by atoms with Gasteiger partial charge in [-0.3, -0.25) is 19.2 Å². The van der Waals surface area contributed by atoms with Crippen LogP contribution in [0.2, 0.25) is 0 Å². The van der Waals surface area contributed by atoms with Gasteiger partial charge in [0.1, 0.15) is 39.9 Å². The molecule has 22 heteroatoms. The molecule has 0 aromatic carbocycles. The van der Waals surface area contributed by atoms with Gasteiger partial charge in [-0.2, -0.15) is 9.97 Å². The summed E-state index contributed by atoms with van der Waals surface area (Å²) in [5, 5.41) is 11.4. The number of carbonyl (C=O) groups is 5. The Morgan fingerprint density at radius 3 is 1.34 bits per heavy atom. The van der Waals surface area contributed by atoms with Gasteiger partial charge >= 0.3 is 6.09 Å². The number of nitrogens with one attached hydrogen (secondary N) is 3. The predicted molar refractivity (Wildman–Crippen MR) is 298 cm³/mol. The number of nitrogens with zero attached hydrogens (tertiary/aromatic N) is 13. The minimum atomic E-state index is -0.527. The number of rotatable bonds is 10. The Hall–Kier alpha value is -7.75. The second kappa shape index (κ2) is 21.8. The van der Waals surface area contributed by atoms with Gasteiger partial charge in [-0.15, -0.1) is 0 Å². The third-order valence-corrected chi connectivity index (χ3v) is 16.4. The summed E-state index contributed by atoms with van der Waals surface area (Å²) >= 11 is 0. The van der Waals surface area contributed by atoms with Gasteiger partial charge in [-0.1, -0.05) is 25.7 Å². The maximum absolute atomic E-state index is 13.3. The first-order chi connectivity index (χ1) is 37.9. The van der Waals surface area contributed by atoms with Crippen LogP contribution >= 0.6 is 0 Å². The van der Waals surface area contributed by atoms with Crippen molar-refractivity contribution in [3.8, 4) is 0 Å². The molecule has 10 heterocycles. The molecule has 2 aliphatic carbocycles. The zero-order valence-corrected chi connectivity index (χ0v) is 46.3. The Kier molecular flexibility index (Phi) is 14.7. The molecule has 22 nitrogen and oxygen atoms in total. The Balaban J connectivity index is 0.000000170. The van der Waals surface area contributed by atoms with E-state index in [2.05, 4.69) is 45.0 Å². The van der Waals surface area contributed by atoms with Crippen molar-refractivity contribution < 1.29 is 28.7 Å². The summed E-state index contributed by atoms with van der Waals surface area (Å²) in [6.07, 6.45) is 15.1. The lowest BCUT2D eigenvalue weighted by Gasteiger charge is -2.26. The molecule has 6 aliphatic rings. The summed E-state index contributed by atoms with van der Waals surface area (Å²) in [6.45, 7) is 11.6. The average Bonchev–Trinajstić information content (AvgIpc) is 4.40. The van der Waals surface area contributed by atoms with Gasteiger partial charge < -0.3 is 54.3 Å². The first kappa shape index (κ1) is 53.3. The molecular weight excluding hydrogens is 1000 g/mol. The minimum Gasteiger partial charge on any atom is -0.444 e. The second-order valence-corrected chi connectivity index (χ2v) is 23.6. The Morgan fingerprint density at radius 1 is 0.557 bits per heavy atom. The van der Waals surface area contributed by atoms with Crippen molar-refractivity contribution >= 4 is 75.3 Å². The highest BCUT2D eigenvalue weighted by Gasteiger charge is 2.44. The SMILES string of the molecule is CN(C)C(=O)c1cc2cnc(Nc3ccc(C(=O)N4CC5CN(C(=O)OC(C)(C)C)CC5C4)cn3)nc2n1C1CCCC1.CN(C)C(=O)c1cc2cnc(Nc3ccc(C(=O)N4CC5CNCC5C4)cn3)nc2n1C1CCCC1. The van der Waals surface area contributed by atoms with Crippen molar-refractivity contribution in [3.63, 3.8) is 0 Å². The van der Waals surface area contributed by atoms with E-state index in [1.54, 1.807) is 91.9 Å². The van der Waals surface area contributed by atoms with E-state index in [4.69, 9.17) is 14.7 Å². The number of amides is 5. The van der Waals surface area contributed by atoms with Gasteiger partial charge in [-0.25, -0.2) is 24.7 Å². The smallest absolute Gasteiger partial charge is 0.410 e. The number of anilines is 4. The first-order valence-corrected chi connectivity index (χ1v) is 27.9. The van der Waals surface area contributed by atoms with Crippen molar-refractivity contribution in [2.24, 2.45) is 23.7 Å². The molecule has 2 saturated carbocycles. The van der Waals surface area contributed by atoms with E-state index in [1.165, 1.54) is 0 Å². The molecule has 416 valence electrons. The largest absolute Gasteiger partial charge is 0.444 e. The van der Waals surface area contributed by atoms with Gasteiger partial charge in [0.25, 0.3) is 23.6 Å². The monoisotopic (exact) mass is 1080 g/mol. The van der Waals surface area contributed by atoms with E-state index in [1.807, 2.05) is 42.7 Å². The quantitative estimate of drug-likeness (QED) is 0.125. The van der Waals surface area contributed by atoms with Gasteiger partial charge in [0.05, 0.1) is 11.1 Å². The summed E-state index contributed by atoms with van der Waals surface area (Å²) < 4.78 is 9.69. The summed E-state index contributed by atoms with van der Waals surface area (Å²) in [4.78, 5) is 101. The molecule has 4 unspecified atom stereocenters. The van der Waals surface area contributed by atoms with E-state index in [0.29, 0.717) is 84.1 Å². The number of ether oxygens (including phenoxy) is 1. The van der Waals surface area contributed by atoms with Crippen LogP contribution in [0, 0.1) is 23.7 Å². The van der Waals surface area contributed by atoms with Crippen LogP contribution in [0.3, 0.4) is 0 Å². The molecule has 0 bridgehead atoms. The van der Waals surface area contributed by atoms with E-state index in [-0.39, 0.29) is 53.6 Å². The fraction of sp³-hybridized carbons (Fsp3) is 0.526. The predicted octanol–water partition coefficient (Wildman–Crippen LogP) is 7.00. The molecule has 79 heavy (non-hydrogen) atoms. The topological polar surface area (TPSA) is 234 Å². The summed E-state index contributed by atoms with van der Waals surface area (Å²) in [5.74, 6) is 3.37. The van der Waals surface area contributed by atoms with Gasteiger partial charge in [0, 0.05) is 140 Å². The number of likely N-dealkylation sites (tertiary alicyclic amines) is 3. The minimum absolute atomic E-state index is 0.0331. The van der Waals surface area contributed by atoms with Crippen molar-refractivity contribution in [1.29, 1.82) is 0 Å². The fourth-order valence-corrected chi connectivity index (χ4v) is 12.4. The van der Waals surface area contributed by atoms with Crippen LogP contribution < -0.4 is 16.0 Å². The van der Waals surface area contributed by atoms with Crippen molar-refractivity contribution in [2.45, 2.75) is 89.8 Å². The lowest BCUT2D eigenvalue weighted by molar-refractivity contribution is 0.0275. The van der Waals surface area contributed by atoms with Crippen LogP contribution in [-0.2, 0) is 4.74 Å². The normalized spacial score (nSPS) is 21.1. The number of carbonyl (C=O) groups excluding carboxylic acids is 5. The Bertz CT molecular complexity index is 3240. The molecule has 5 amide bonds. The standard InChI is InChI=1S/C31H40N8O4.C26H32N8O2/c1-31(2,3)43-30(42)38-17-21-15-37(16-22(21)18-38)27(40)19-10-11-25(32-13-19)34-29-33-14-20-12-24(28(41)36(4)5)39(26(20)35-29)23-8-6-7-9-23;1-32(2)25(36)21-9-17-13-29-26(31-23(17)34(21)20-5-3-4-6-20)30-22-8-7-16(12-28-22)24(35)33-14-18-10-27-11-19(18)15-33/h10-14,21-23H,6-9,15-18H2,1-5H3,(H,32,33,34,35);7-9,12-13,18-20,27H,3-6,10-11,14-15H2,1-2H3,(H,28,29,30,31). The molecule has 4 atom stereocenters. The molecule has 4 saturated heterocycles. The molecule has 3 N–H and O–H groups in total.